The number of allylic oxidation sites excluding steroid dienone is 19. The summed E-state index contributed by atoms with van der Waals surface area (Å²) >= 11 is 0. The van der Waals surface area contributed by atoms with Crippen molar-refractivity contribution in [2.75, 3.05) is 13.2 Å². The predicted molar refractivity (Wildman–Crippen MR) is 256 cm³/mol. The van der Waals surface area contributed by atoms with E-state index >= 15 is 0 Å². The maximum Gasteiger partial charge on any atom is 0.309 e. The topological polar surface area (TPSA) is 78.9 Å². The molecule has 0 amide bonds. The fraction of sp³-hybridized carbons (Fsp3) is 0.574. The monoisotopic (exact) mass is 829 g/mol. The van der Waals surface area contributed by atoms with Crippen molar-refractivity contribution in [1.82, 2.24) is 0 Å². The van der Waals surface area contributed by atoms with Crippen LogP contribution in [0.1, 0.15) is 181 Å². The molecule has 0 aromatic rings. The van der Waals surface area contributed by atoms with Crippen LogP contribution in [0.25, 0.3) is 0 Å². The summed E-state index contributed by atoms with van der Waals surface area (Å²) in [6, 6.07) is 0. The van der Waals surface area contributed by atoms with E-state index in [0.717, 1.165) is 128 Å². The lowest BCUT2D eigenvalue weighted by Crippen LogP contribution is -2.30. The number of rotatable bonds is 40. The molecular formula is C54H84O6. The number of hydrogen-bond acceptors (Lipinski definition) is 6. The van der Waals surface area contributed by atoms with Gasteiger partial charge in [0.1, 0.15) is 13.2 Å². The molecule has 0 heterocycles. The van der Waals surface area contributed by atoms with Gasteiger partial charge in [0.05, 0.1) is 6.42 Å². The summed E-state index contributed by atoms with van der Waals surface area (Å²) in [6.07, 6.45) is 65.0. The zero-order valence-electron chi connectivity index (χ0n) is 38.2. The average Bonchev–Trinajstić information content (AvgIpc) is 3.24. The molecule has 6 heteroatoms. The molecule has 0 aliphatic heterocycles. The van der Waals surface area contributed by atoms with E-state index in [2.05, 4.69) is 130 Å². The van der Waals surface area contributed by atoms with Gasteiger partial charge in [0.2, 0.25) is 0 Å². The molecule has 336 valence electrons. The van der Waals surface area contributed by atoms with Crippen LogP contribution in [0.2, 0.25) is 0 Å². The molecule has 0 aliphatic carbocycles. The van der Waals surface area contributed by atoms with Gasteiger partial charge in [0, 0.05) is 12.8 Å². The Balaban J connectivity index is 4.46. The molecule has 0 rings (SSSR count). The van der Waals surface area contributed by atoms with Crippen LogP contribution in [0.3, 0.4) is 0 Å². The van der Waals surface area contributed by atoms with Crippen LogP contribution in [0.4, 0.5) is 0 Å². The maximum absolute atomic E-state index is 12.7. The third kappa shape index (κ3) is 44.9. The molecule has 0 N–H and O–H groups in total. The van der Waals surface area contributed by atoms with Gasteiger partial charge in [0.25, 0.3) is 0 Å². The third-order valence-corrected chi connectivity index (χ3v) is 9.23. The number of unbranched alkanes of at least 4 members (excludes halogenated alkanes) is 10. The highest BCUT2D eigenvalue weighted by Crippen LogP contribution is 2.12. The van der Waals surface area contributed by atoms with Crippen LogP contribution in [-0.2, 0) is 28.6 Å². The second kappa shape index (κ2) is 47.5. The van der Waals surface area contributed by atoms with Gasteiger partial charge in [0.15, 0.2) is 6.10 Å². The zero-order chi connectivity index (χ0) is 43.7. The average molecular weight is 829 g/mol. The van der Waals surface area contributed by atoms with Gasteiger partial charge in [-0.25, -0.2) is 0 Å². The first kappa shape index (κ1) is 55.8. The van der Waals surface area contributed by atoms with E-state index in [1.54, 1.807) is 6.08 Å². The molecule has 6 nitrogen and oxygen atoms in total. The first-order chi connectivity index (χ1) is 29.5. The van der Waals surface area contributed by atoms with Gasteiger partial charge in [-0.2, -0.15) is 0 Å². The summed E-state index contributed by atoms with van der Waals surface area (Å²) in [5.74, 6) is -1.10. The molecular weight excluding hydrogens is 745 g/mol. The molecule has 0 saturated carbocycles. The smallest absolute Gasteiger partial charge is 0.309 e. The number of hydrogen-bond donors (Lipinski definition) is 0. The molecule has 0 aromatic carbocycles. The van der Waals surface area contributed by atoms with Gasteiger partial charge in [-0.3, -0.25) is 14.4 Å². The second-order valence-electron chi connectivity index (χ2n) is 14.9. The Labute approximate surface area is 367 Å². The molecule has 0 aromatic heterocycles. The highest BCUT2D eigenvalue weighted by Gasteiger charge is 2.19. The highest BCUT2D eigenvalue weighted by atomic mass is 16.6. The van der Waals surface area contributed by atoms with E-state index < -0.39 is 12.1 Å². The first-order valence-electron chi connectivity index (χ1n) is 23.5. The number of carbonyl (C=O) groups is 3. The maximum atomic E-state index is 12.7. The fourth-order valence-electron chi connectivity index (χ4n) is 5.80. The van der Waals surface area contributed by atoms with Gasteiger partial charge < -0.3 is 14.2 Å². The second-order valence-corrected chi connectivity index (χ2v) is 14.9. The highest BCUT2D eigenvalue weighted by molar-refractivity contribution is 5.72. The first-order valence-corrected chi connectivity index (χ1v) is 23.5. The molecule has 1 unspecified atom stereocenters. The molecule has 0 saturated heterocycles. The van der Waals surface area contributed by atoms with Gasteiger partial charge in [-0.05, 0) is 103 Å². The molecule has 0 aliphatic rings. The summed E-state index contributed by atoms with van der Waals surface area (Å²) in [5, 5.41) is 0. The largest absolute Gasteiger partial charge is 0.462 e. The lowest BCUT2D eigenvalue weighted by atomic mass is 10.1. The summed E-state index contributed by atoms with van der Waals surface area (Å²) in [6.45, 7) is 6.13. The van der Waals surface area contributed by atoms with Crippen molar-refractivity contribution in [3.63, 3.8) is 0 Å². The number of esters is 3. The van der Waals surface area contributed by atoms with E-state index in [-0.39, 0.29) is 38.0 Å². The van der Waals surface area contributed by atoms with E-state index in [1.165, 1.54) is 12.8 Å². The molecule has 60 heavy (non-hydrogen) atoms. The minimum Gasteiger partial charge on any atom is -0.462 e. The quantitative estimate of drug-likeness (QED) is 0.0265. The summed E-state index contributed by atoms with van der Waals surface area (Å²) in [4.78, 5) is 37.7. The van der Waals surface area contributed by atoms with E-state index in [1.807, 2.05) is 6.08 Å². The predicted octanol–water partition coefficient (Wildman–Crippen LogP) is 15.4. The summed E-state index contributed by atoms with van der Waals surface area (Å²) < 4.78 is 16.6. The zero-order valence-corrected chi connectivity index (χ0v) is 38.2. The lowest BCUT2D eigenvalue weighted by molar-refractivity contribution is -0.166. The van der Waals surface area contributed by atoms with Crippen LogP contribution in [-0.4, -0.2) is 37.2 Å². The Bertz CT molecular complexity index is 1320. The van der Waals surface area contributed by atoms with Gasteiger partial charge >= 0.3 is 17.9 Å². The minimum atomic E-state index is -0.833. The van der Waals surface area contributed by atoms with E-state index in [9.17, 15) is 14.4 Å². The number of carbonyl (C=O) groups excluding carboxylic acids is 3. The Morgan fingerprint density at radius 2 is 0.667 bits per heavy atom. The van der Waals surface area contributed by atoms with Crippen molar-refractivity contribution < 1.29 is 28.6 Å². The normalized spacial score (nSPS) is 13.2. The van der Waals surface area contributed by atoms with Crippen LogP contribution in [0.5, 0.6) is 0 Å². The van der Waals surface area contributed by atoms with Gasteiger partial charge in [-0.1, -0.05) is 181 Å². The fourth-order valence-corrected chi connectivity index (χ4v) is 5.80. The van der Waals surface area contributed by atoms with Crippen LogP contribution < -0.4 is 0 Å². The lowest BCUT2D eigenvalue weighted by Gasteiger charge is -2.18. The molecule has 0 spiro atoms. The Morgan fingerprint density at radius 1 is 0.350 bits per heavy atom. The van der Waals surface area contributed by atoms with Gasteiger partial charge in [-0.15, -0.1) is 0 Å². The van der Waals surface area contributed by atoms with Crippen molar-refractivity contribution in [1.29, 1.82) is 0 Å². The van der Waals surface area contributed by atoms with Crippen molar-refractivity contribution in [2.45, 2.75) is 187 Å². The van der Waals surface area contributed by atoms with E-state index in [0.29, 0.717) is 6.42 Å². The van der Waals surface area contributed by atoms with Crippen LogP contribution >= 0.6 is 0 Å². The van der Waals surface area contributed by atoms with Crippen molar-refractivity contribution in [3.05, 3.63) is 122 Å². The van der Waals surface area contributed by atoms with E-state index in [4.69, 9.17) is 14.2 Å². The molecule has 0 radical (unpaired) electrons. The summed E-state index contributed by atoms with van der Waals surface area (Å²) in [5.41, 5.74) is 0. The van der Waals surface area contributed by atoms with Crippen molar-refractivity contribution >= 4 is 17.9 Å². The molecule has 0 fully saturated rings. The standard InChI is InChI=1S/C54H84O6/c1-4-7-10-13-16-19-21-23-25-26-27-28-29-31-32-35-38-41-44-47-53(56)59-50-51(49-58-52(55)46-43-40-37-34-18-15-12-9-6-3)60-54(57)48-45-42-39-36-33-30-24-22-20-17-14-11-8-5-2/h7-12,16-20,23-25,27-28,30,34,40,43,51H,4-6,13-15,21-22,26,29,31-33,35-39,41-42,44-50H2,1-3H3/b10-7-,11-8-,12-9-,19-16-,20-17-,25-23-,28-27-,30-24-,34-18-,43-40-. The Kier molecular flexibility index (Phi) is 44.2. The molecule has 1 atom stereocenters. The van der Waals surface area contributed by atoms with Crippen molar-refractivity contribution in [2.24, 2.45) is 0 Å². The minimum absolute atomic E-state index is 0.122. The Hall–Kier alpha value is -4.19. The SMILES string of the molecule is CC/C=C\C/C=C\C/C=C\C/C=C\CCCCCCCCC(=O)OCC(COC(=O)C/C=C\C/C=C\C/C=C\CC)OC(=O)CCCCCC/C=C\C/C=C\C/C=C\CC. The molecule has 0 bridgehead atoms. The van der Waals surface area contributed by atoms with Crippen LogP contribution in [0.15, 0.2) is 122 Å². The van der Waals surface area contributed by atoms with Crippen LogP contribution in [0, 0.1) is 0 Å². The third-order valence-electron chi connectivity index (χ3n) is 9.23. The van der Waals surface area contributed by atoms with Crippen molar-refractivity contribution in [3.8, 4) is 0 Å². The Morgan fingerprint density at radius 3 is 1.08 bits per heavy atom. The summed E-state index contributed by atoms with van der Waals surface area (Å²) in [7, 11) is 0. The number of ether oxygens (including phenoxy) is 3.